The summed E-state index contributed by atoms with van der Waals surface area (Å²) >= 11 is 6.43. The zero-order valence-electron chi connectivity index (χ0n) is 5.77. The Hall–Kier alpha value is 0.430. The van der Waals surface area contributed by atoms with Crippen molar-refractivity contribution in [3.8, 4) is 0 Å². The largest absolute Gasteiger partial charge is 0.465 e. The van der Waals surface area contributed by atoms with Gasteiger partial charge in [-0.3, -0.25) is 4.79 Å². The van der Waals surface area contributed by atoms with Crippen LogP contribution >= 0.6 is 31.9 Å². The minimum absolute atomic E-state index is 0.160. The number of carbonyl (C=O) groups is 1. The monoisotopic (exact) mass is 272 g/mol. The Labute approximate surface area is 77.6 Å². The van der Waals surface area contributed by atoms with E-state index in [1.807, 2.05) is 0 Å². The molecule has 0 bridgehead atoms. The van der Waals surface area contributed by atoms with Gasteiger partial charge in [-0.1, -0.05) is 31.9 Å². The molecule has 0 spiro atoms. The van der Waals surface area contributed by atoms with Crippen molar-refractivity contribution in [3.63, 3.8) is 0 Å². The third kappa shape index (κ3) is 4.28. The summed E-state index contributed by atoms with van der Waals surface area (Å²) in [6.07, 6.45) is 0.763. The number of alkyl halides is 2. The summed E-state index contributed by atoms with van der Waals surface area (Å²) in [6, 6.07) is 0. The predicted octanol–water partition coefficient (Wildman–Crippen LogP) is 2.10. The molecule has 0 radical (unpaired) electrons. The summed E-state index contributed by atoms with van der Waals surface area (Å²) in [5.74, 6) is -0.179. The molecular formula is C6H10Br2O2. The number of hydrogen-bond donors (Lipinski definition) is 0. The van der Waals surface area contributed by atoms with Gasteiger partial charge in [0.05, 0.1) is 6.61 Å². The molecule has 0 aliphatic rings. The summed E-state index contributed by atoms with van der Waals surface area (Å²) in [5, 5.41) is 0.807. The van der Waals surface area contributed by atoms with Crippen LogP contribution in [0.5, 0.6) is 0 Å². The van der Waals surface area contributed by atoms with Crippen molar-refractivity contribution in [3.05, 3.63) is 0 Å². The topological polar surface area (TPSA) is 26.3 Å². The summed E-state index contributed by atoms with van der Waals surface area (Å²) in [6.45, 7) is 2.25. The molecule has 0 aromatic carbocycles. The second kappa shape index (κ2) is 6.16. The van der Waals surface area contributed by atoms with Crippen LogP contribution in [0.4, 0.5) is 0 Å². The van der Waals surface area contributed by atoms with Gasteiger partial charge in [0.2, 0.25) is 0 Å². The molecular weight excluding hydrogens is 264 g/mol. The fourth-order valence-electron chi connectivity index (χ4n) is 0.446. The molecule has 0 unspecified atom stereocenters. The van der Waals surface area contributed by atoms with Crippen molar-refractivity contribution < 1.29 is 9.53 Å². The number of rotatable bonds is 4. The van der Waals surface area contributed by atoms with E-state index in [0.717, 1.165) is 11.8 Å². The fraction of sp³-hybridized carbons (Fsp3) is 0.833. The van der Waals surface area contributed by atoms with Crippen LogP contribution in [0.1, 0.15) is 13.3 Å². The first kappa shape index (κ1) is 10.4. The lowest BCUT2D eigenvalue weighted by Gasteiger charge is -2.05. The predicted molar refractivity (Wildman–Crippen MR) is 47.8 cm³/mol. The Kier molecular flexibility index (Phi) is 6.43. The van der Waals surface area contributed by atoms with Gasteiger partial charge in [0, 0.05) is 5.33 Å². The summed E-state index contributed by atoms with van der Waals surface area (Å²) in [7, 11) is 0. The highest BCUT2D eigenvalue weighted by Crippen LogP contribution is 2.08. The first-order valence-electron chi connectivity index (χ1n) is 3.09. The van der Waals surface area contributed by atoms with Crippen molar-refractivity contribution in [2.24, 2.45) is 0 Å². The second-order valence-electron chi connectivity index (χ2n) is 1.70. The molecule has 0 aliphatic heterocycles. The fourth-order valence-corrected chi connectivity index (χ4v) is 1.88. The van der Waals surface area contributed by atoms with E-state index in [1.54, 1.807) is 6.92 Å². The number of ether oxygens (including phenoxy) is 1. The summed E-state index contributed by atoms with van der Waals surface area (Å²) in [4.78, 5) is 10.7. The maximum absolute atomic E-state index is 10.8. The highest BCUT2D eigenvalue weighted by molar-refractivity contribution is 9.10. The Balaban J connectivity index is 3.49. The zero-order chi connectivity index (χ0) is 7.98. The van der Waals surface area contributed by atoms with E-state index in [1.165, 1.54) is 0 Å². The van der Waals surface area contributed by atoms with Gasteiger partial charge in [0.1, 0.15) is 4.83 Å². The number of esters is 1. The quantitative estimate of drug-likeness (QED) is 0.579. The second-order valence-corrected chi connectivity index (χ2v) is 3.60. The summed E-state index contributed by atoms with van der Waals surface area (Å²) < 4.78 is 4.75. The van der Waals surface area contributed by atoms with E-state index < -0.39 is 0 Å². The van der Waals surface area contributed by atoms with Gasteiger partial charge >= 0.3 is 5.97 Å². The molecule has 0 saturated carbocycles. The first-order chi connectivity index (χ1) is 4.72. The van der Waals surface area contributed by atoms with E-state index in [0.29, 0.717) is 6.61 Å². The van der Waals surface area contributed by atoms with Gasteiger partial charge in [0.15, 0.2) is 0 Å². The molecule has 0 rings (SSSR count). The van der Waals surface area contributed by atoms with Gasteiger partial charge in [-0.2, -0.15) is 0 Å². The smallest absolute Gasteiger partial charge is 0.319 e. The molecule has 4 heteroatoms. The molecule has 0 aromatic heterocycles. The van der Waals surface area contributed by atoms with Crippen molar-refractivity contribution in [2.75, 3.05) is 11.9 Å². The average Bonchev–Trinajstić information content (AvgIpc) is 1.89. The molecule has 0 N–H and O–H groups in total. The van der Waals surface area contributed by atoms with E-state index >= 15 is 0 Å². The Morgan fingerprint density at radius 3 is 2.70 bits per heavy atom. The standard InChI is InChI=1S/C6H10Br2O2/c1-2-10-6(9)5(8)3-4-7/h5H,2-4H2,1H3/t5-/m0/s1. The minimum atomic E-state index is -0.179. The molecule has 60 valence electrons. The van der Waals surface area contributed by atoms with Gasteiger partial charge < -0.3 is 4.74 Å². The lowest BCUT2D eigenvalue weighted by molar-refractivity contribution is -0.142. The van der Waals surface area contributed by atoms with Crippen LogP contribution in [0.3, 0.4) is 0 Å². The highest BCUT2D eigenvalue weighted by Gasteiger charge is 2.13. The Morgan fingerprint density at radius 2 is 2.30 bits per heavy atom. The molecule has 0 amide bonds. The Morgan fingerprint density at radius 1 is 1.70 bits per heavy atom. The lowest BCUT2D eigenvalue weighted by Crippen LogP contribution is -2.17. The van der Waals surface area contributed by atoms with Crippen LogP contribution in [0.2, 0.25) is 0 Å². The molecule has 1 atom stereocenters. The third-order valence-corrected chi connectivity index (χ3v) is 2.19. The van der Waals surface area contributed by atoms with Gasteiger partial charge in [-0.25, -0.2) is 0 Å². The van der Waals surface area contributed by atoms with Crippen molar-refractivity contribution in [1.29, 1.82) is 0 Å². The van der Waals surface area contributed by atoms with Gasteiger partial charge in [-0.15, -0.1) is 0 Å². The van der Waals surface area contributed by atoms with E-state index in [-0.39, 0.29) is 10.8 Å². The number of halogens is 2. The van der Waals surface area contributed by atoms with Gasteiger partial charge in [-0.05, 0) is 13.3 Å². The molecule has 0 heterocycles. The molecule has 10 heavy (non-hydrogen) atoms. The molecule has 2 nitrogen and oxygen atoms in total. The van der Waals surface area contributed by atoms with E-state index in [2.05, 4.69) is 31.9 Å². The van der Waals surface area contributed by atoms with Crippen LogP contribution in [-0.2, 0) is 9.53 Å². The number of carbonyl (C=O) groups excluding carboxylic acids is 1. The zero-order valence-corrected chi connectivity index (χ0v) is 8.94. The van der Waals surface area contributed by atoms with Crippen LogP contribution < -0.4 is 0 Å². The summed E-state index contributed by atoms with van der Waals surface area (Å²) in [5.41, 5.74) is 0. The normalized spacial score (nSPS) is 12.7. The molecule has 0 aliphatic carbocycles. The molecule has 0 aromatic rings. The average molecular weight is 274 g/mol. The minimum Gasteiger partial charge on any atom is -0.465 e. The molecule has 0 fully saturated rings. The maximum atomic E-state index is 10.8. The third-order valence-electron chi connectivity index (χ3n) is 0.905. The van der Waals surface area contributed by atoms with Crippen LogP contribution in [-0.4, -0.2) is 22.7 Å². The van der Waals surface area contributed by atoms with Gasteiger partial charge in [0.25, 0.3) is 0 Å². The molecule has 0 saturated heterocycles. The number of hydrogen-bond acceptors (Lipinski definition) is 2. The van der Waals surface area contributed by atoms with Crippen LogP contribution in [0, 0.1) is 0 Å². The van der Waals surface area contributed by atoms with Crippen molar-refractivity contribution in [2.45, 2.75) is 18.2 Å². The Bertz CT molecular complexity index is 106. The SMILES string of the molecule is CCOC(=O)[C@@H](Br)CCBr. The van der Waals surface area contributed by atoms with Crippen LogP contribution in [0.15, 0.2) is 0 Å². The van der Waals surface area contributed by atoms with Crippen molar-refractivity contribution >= 4 is 37.8 Å². The first-order valence-corrected chi connectivity index (χ1v) is 5.12. The van der Waals surface area contributed by atoms with E-state index in [9.17, 15) is 4.79 Å². The van der Waals surface area contributed by atoms with Crippen molar-refractivity contribution in [1.82, 2.24) is 0 Å². The maximum Gasteiger partial charge on any atom is 0.319 e. The lowest BCUT2D eigenvalue weighted by atomic mass is 10.3. The van der Waals surface area contributed by atoms with Crippen LogP contribution in [0.25, 0.3) is 0 Å². The van der Waals surface area contributed by atoms with E-state index in [4.69, 9.17) is 4.74 Å². The highest BCUT2D eigenvalue weighted by atomic mass is 79.9.